The number of amides is 1. The largest absolute Gasteiger partial charge is 0.348 e. The van der Waals surface area contributed by atoms with E-state index in [1.165, 1.54) is 4.31 Å². The van der Waals surface area contributed by atoms with Gasteiger partial charge in [0, 0.05) is 31.1 Å². The van der Waals surface area contributed by atoms with E-state index in [0.717, 1.165) is 10.4 Å². The highest BCUT2D eigenvalue weighted by atomic mass is 32.2. The number of carbonyl (C=O) groups excluding carboxylic acids is 1. The van der Waals surface area contributed by atoms with E-state index in [2.05, 4.69) is 5.32 Å². The van der Waals surface area contributed by atoms with Gasteiger partial charge in [0.05, 0.1) is 17.5 Å². The zero-order valence-corrected chi connectivity index (χ0v) is 17.2. The minimum Gasteiger partial charge on any atom is -0.348 e. The lowest BCUT2D eigenvalue weighted by atomic mass is 10.2. The SMILES string of the molecule is Cc1ccc(S(=O)(=O)N2CCN(CC(=O)N[C@@H](C)c3cccs3)CC2)cc1. The Morgan fingerprint density at radius 2 is 1.81 bits per heavy atom. The van der Waals surface area contributed by atoms with Crippen LogP contribution in [0.15, 0.2) is 46.7 Å². The molecule has 1 aliphatic rings. The molecule has 0 spiro atoms. The minimum atomic E-state index is -3.47. The van der Waals surface area contributed by atoms with Gasteiger partial charge in [-0.15, -0.1) is 11.3 Å². The average molecular weight is 408 g/mol. The maximum atomic E-state index is 12.7. The first-order valence-corrected chi connectivity index (χ1v) is 11.3. The molecule has 2 heterocycles. The van der Waals surface area contributed by atoms with Crippen LogP contribution in [0.4, 0.5) is 0 Å². The highest BCUT2D eigenvalue weighted by molar-refractivity contribution is 7.89. The first kappa shape index (κ1) is 20.0. The van der Waals surface area contributed by atoms with Crippen LogP contribution in [0.3, 0.4) is 0 Å². The highest BCUT2D eigenvalue weighted by Gasteiger charge is 2.29. The van der Waals surface area contributed by atoms with Crippen molar-refractivity contribution in [2.75, 3.05) is 32.7 Å². The second kappa shape index (κ2) is 8.52. The summed E-state index contributed by atoms with van der Waals surface area (Å²) in [6.45, 7) is 6.06. The molecule has 0 unspecified atom stereocenters. The van der Waals surface area contributed by atoms with Gasteiger partial charge < -0.3 is 5.32 Å². The highest BCUT2D eigenvalue weighted by Crippen LogP contribution is 2.19. The van der Waals surface area contributed by atoms with Crippen LogP contribution in [0, 0.1) is 6.92 Å². The summed E-state index contributed by atoms with van der Waals surface area (Å²) in [5.41, 5.74) is 1.03. The predicted molar refractivity (Wildman–Crippen MR) is 107 cm³/mol. The van der Waals surface area contributed by atoms with E-state index in [0.29, 0.717) is 31.1 Å². The summed E-state index contributed by atoms with van der Waals surface area (Å²) < 4.78 is 27.0. The van der Waals surface area contributed by atoms with Crippen molar-refractivity contribution >= 4 is 27.3 Å². The molecule has 1 N–H and O–H groups in total. The summed E-state index contributed by atoms with van der Waals surface area (Å²) in [6, 6.07) is 10.9. The molecule has 1 aromatic carbocycles. The van der Waals surface area contributed by atoms with Gasteiger partial charge in [-0.25, -0.2) is 8.42 Å². The fourth-order valence-corrected chi connectivity index (χ4v) is 5.24. The van der Waals surface area contributed by atoms with Crippen LogP contribution in [-0.4, -0.2) is 56.3 Å². The molecule has 2 aromatic rings. The van der Waals surface area contributed by atoms with Crippen LogP contribution in [0.1, 0.15) is 23.4 Å². The molecule has 0 bridgehead atoms. The Kier molecular flexibility index (Phi) is 6.31. The molecule has 3 rings (SSSR count). The molecule has 1 aliphatic heterocycles. The molecule has 1 aromatic heterocycles. The quantitative estimate of drug-likeness (QED) is 0.797. The maximum absolute atomic E-state index is 12.7. The van der Waals surface area contributed by atoms with Gasteiger partial charge in [0.1, 0.15) is 0 Å². The lowest BCUT2D eigenvalue weighted by Gasteiger charge is -2.33. The van der Waals surface area contributed by atoms with E-state index in [-0.39, 0.29) is 18.5 Å². The number of rotatable bonds is 6. The Labute approximate surface area is 164 Å². The van der Waals surface area contributed by atoms with Crippen LogP contribution in [0.5, 0.6) is 0 Å². The van der Waals surface area contributed by atoms with Crippen molar-refractivity contribution in [3.8, 4) is 0 Å². The number of carbonyl (C=O) groups is 1. The number of thiophene rings is 1. The summed E-state index contributed by atoms with van der Waals surface area (Å²) >= 11 is 1.62. The van der Waals surface area contributed by atoms with E-state index in [4.69, 9.17) is 0 Å². The van der Waals surface area contributed by atoms with Crippen molar-refractivity contribution in [2.45, 2.75) is 24.8 Å². The Hall–Kier alpha value is -1.74. The topological polar surface area (TPSA) is 69.7 Å². The van der Waals surface area contributed by atoms with Gasteiger partial charge in [-0.1, -0.05) is 23.8 Å². The van der Waals surface area contributed by atoms with Crippen LogP contribution >= 0.6 is 11.3 Å². The number of hydrogen-bond donors (Lipinski definition) is 1. The number of sulfonamides is 1. The minimum absolute atomic E-state index is 0.0132. The standard InChI is InChI=1S/C19H25N3O3S2/c1-15-5-7-17(8-6-15)27(24,25)22-11-9-21(10-12-22)14-19(23)20-16(2)18-4-3-13-26-18/h3-8,13,16H,9-12,14H2,1-2H3,(H,20,23)/t16-/m0/s1. The lowest BCUT2D eigenvalue weighted by molar-refractivity contribution is -0.123. The van der Waals surface area contributed by atoms with Gasteiger partial charge in [0.2, 0.25) is 15.9 Å². The van der Waals surface area contributed by atoms with E-state index in [9.17, 15) is 13.2 Å². The summed E-state index contributed by atoms with van der Waals surface area (Å²) in [5.74, 6) is -0.0364. The zero-order valence-electron chi connectivity index (χ0n) is 15.6. The van der Waals surface area contributed by atoms with Gasteiger partial charge >= 0.3 is 0 Å². The number of benzene rings is 1. The molecule has 1 fully saturated rings. The third-order valence-corrected chi connectivity index (χ3v) is 7.67. The molecule has 1 saturated heterocycles. The van der Waals surface area contributed by atoms with Gasteiger partial charge in [-0.3, -0.25) is 9.69 Å². The van der Waals surface area contributed by atoms with Crippen molar-refractivity contribution in [3.05, 3.63) is 52.2 Å². The molecule has 0 aliphatic carbocycles. The molecule has 6 nitrogen and oxygen atoms in total. The van der Waals surface area contributed by atoms with E-state index in [1.807, 2.05) is 48.4 Å². The first-order valence-electron chi connectivity index (χ1n) is 8.98. The molecular weight excluding hydrogens is 382 g/mol. The molecular formula is C19H25N3O3S2. The molecule has 8 heteroatoms. The normalized spacial score (nSPS) is 17.6. The number of piperazine rings is 1. The zero-order chi connectivity index (χ0) is 19.4. The third-order valence-electron chi connectivity index (χ3n) is 4.70. The van der Waals surface area contributed by atoms with Gasteiger partial charge in [0.15, 0.2) is 0 Å². The third kappa shape index (κ3) is 4.95. The lowest BCUT2D eigenvalue weighted by Crippen LogP contribution is -2.51. The Morgan fingerprint density at radius 3 is 2.41 bits per heavy atom. The molecule has 27 heavy (non-hydrogen) atoms. The summed E-state index contributed by atoms with van der Waals surface area (Å²) in [6.07, 6.45) is 0. The summed E-state index contributed by atoms with van der Waals surface area (Å²) in [4.78, 5) is 15.7. The van der Waals surface area contributed by atoms with Crippen molar-refractivity contribution in [1.82, 2.24) is 14.5 Å². The average Bonchev–Trinajstić information content (AvgIpc) is 3.17. The van der Waals surface area contributed by atoms with Crippen LogP contribution in [0.2, 0.25) is 0 Å². The molecule has 1 amide bonds. The monoisotopic (exact) mass is 407 g/mol. The molecule has 146 valence electrons. The maximum Gasteiger partial charge on any atom is 0.243 e. The van der Waals surface area contributed by atoms with E-state index < -0.39 is 10.0 Å². The number of nitrogens with zero attached hydrogens (tertiary/aromatic N) is 2. The smallest absolute Gasteiger partial charge is 0.243 e. The van der Waals surface area contributed by atoms with Gasteiger partial charge in [0.25, 0.3) is 0 Å². The molecule has 1 atom stereocenters. The number of aryl methyl sites for hydroxylation is 1. The van der Waals surface area contributed by atoms with Crippen molar-refractivity contribution in [3.63, 3.8) is 0 Å². The molecule has 0 radical (unpaired) electrons. The van der Waals surface area contributed by atoms with Crippen LogP contribution in [0.25, 0.3) is 0 Å². The Bertz CT molecular complexity index is 856. The van der Waals surface area contributed by atoms with Crippen LogP contribution in [-0.2, 0) is 14.8 Å². The van der Waals surface area contributed by atoms with E-state index >= 15 is 0 Å². The summed E-state index contributed by atoms with van der Waals surface area (Å²) in [5, 5.41) is 4.99. The summed E-state index contributed by atoms with van der Waals surface area (Å²) in [7, 11) is -3.47. The van der Waals surface area contributed by atoms with Gasteiger partial charge in [-0.2, -0.15) is 4.31 Å². The van der Waals surface area contributed by atoms with Crippen molar-refractivity contribution < 1.29 is 13.2 Å². The predicted octanol–water partition coefficient (Wildman–Crippen LogP) is 2.24. The number of nitrogens with one attached hydrogen (secondary N) is 1. The second-order valence-corrected chi connectivity index (χ2v) is 9.72. The van der Waals surface area contributed by atoms with Crippen molar-refractivity contribution in [1.29, 1.82) is 0 Å². The van der Waals surface area contributed by atoms with Gasteiger partial charge in [-0.05, 0) is 37.4 Å². The first-order chi connectivity index (χ1) is 12.9. The molecule has 0 saturated carbocycles. The second-order valence-electron chi connectivity index (χ2n) is 6.80. The Balaban J connectivity index is 1.51. The fourth-order valence-electron chi connectivity index (χ4n) is 3.09. The van der Waals surface area contributed by atoms with Crippen molar-refractivity contribution in [2.24, 2.45) is 0 Å². The van der Waals surface area contributed by atoms with E-state index in [1.54, 1.807) is 23.5 Å². The van der Waals surface area contributed by atoms with Crippen LogP contribution < -0.4 is 5.32 Å². The Morgan fingerprint density at radius 1 is 1.15 bits per heavy atom. The fraction of sp³-hybridized carbons (Fsp3) is 0.421. The number of hydrogen-bond acceptors (Lipinski definition) is 5.